The highest BCUT2D eigenvalue weighted by Crippen LogP contribution is 2.25. The molecule has 6 heteroatoms. The average molecular weight is 368 g/mol. The Morgan fingerprint density at radius 1 is 1.08 bits per heavy atom. The van der Waals surface area contributed by atoms with E-state index in [4.69, 9.17) is 21.0 Å². The van der Waals surface area contributed by atoms with Gasteiger partial charge in [0.2, 0.25) is 5.13 Å². The molecule has 2 aromatic carbocycles. The zero-order valence-electron chi connectivity index (χ0n) is 13.4. The lowest BCUT2D eigenvalue weighted by molar-refractivity contribution is 0.618. The molecule has 124 valence electrons. The Hall–Kier alpha value is -2.50. The first-order valence-electron chi connectivity index (χ1n) is 7.89. The van der Waals surface area contributed by atoms with E-state index in [1.165, 1.54) is 11.3 Å². The molecule has 0 unspecified atom stereocenters. The van der Waals surface area contributed by atoms with Gasteiger partial charge in [0.05, 0.1) is 5.36 Å². The van der Waals surface area contributed by atoms with Crippen molar-refractivity contribution in [2.75, 3.05) is 0 Å². The maximum absolute atomic E-state index is 6.17. The Labute approximate surface area is 153 Å². The smallest absolute Gasteiger partial charge is 0.232 e. The van der Waals surface area contributed by atoms with Crippen LogP contribution in [0, 0.1) is 0 Å². The number of nitrogens with zero attached hydrogens (tertiary/aromatic N) is 3. The third kappa shape index (κ3) is 3.34. The van der Waals surface area contributed by atoms with Crippen LogP contribution in [0.4, 0.5) is 5.13 Å². The van der Waals surface area contributed by atoms with Gasteiger partial charge in [0.15, 0.2) is 0 Å². The molecule has 0 N–H and O–H groups in total. The summed E-state index contributed by atoms with van der Waals surface area (Å²) in [5, 5.41) is 12.1. The topological polar surface area (TPSA) is 51.3 Å². The molecule has 0 aliphatic heterocycles. The Morgan fingerprint density at radius 3 is 2.68 bits per heavy atom. The van der Waals surface area contributed by atoms with Crippen LogP contribution in [-0.2, 0) is 6.42 Å². The molecule has 0 saturated carbocycles. The van der Waals surface area contributed by atoms with Gasteiger partial charge in [0, 0.05) is 22.0 Å². The number of halogens is 1. The van der Waals surface area contributed by atoms with Crippen LogP contribution >= 0.6 is 22.9 Å². The highest BCUT2D eigenvalue weighted by molar-refractivity contribution is 7.14. The van der Waals surface area contributed by atoms with Gasteiger partial charge >= 0.3 is 0 Å². The zero-order chi connectivity index (χ0) is 17.2. The molecular weight excluding hydrogens is 354 g/mol. The Morgan fingerprint density at radius 2 is 1.92 bits per heavy atom. The van der Waals surface area contributed by atoms with Crippen molar-refractivity contribution in [1.82, 2.24) is 10.2 Å². The fraction of sp³-hybridized carbons (Fsp3) is 0.105. The minimum absolute atomic E-state index is 0.628. The predicted molar refractivity (Wildman–Crippen MR) is 101 cm³/mol. The van der Waals surface area contributed by atoms with E-state index in [1.807, 2.05) is 61.5 Å². The van der Waals surface area contributed by atoms with Gasteiger partial charge < -0.3 is 4.42 Å². The van der Waals surface area contributed by atoms with Crippen molar-refractivity contribution in [2.45, 2.75) is 13.3 Å². The molecule has 4 aromatic rings. The van der Waals surface area contributed by atoms with Gasteiger partial charge in [-0.25, -0.2) is 4.99 Å². The van der Waals surface area contributed by atoms with Gasteiger partial charge in [0.25, 0.3) is 0 Å². The summed E-state index contributed by atoms with van der Waals surface area (Å²) < 4.78 is 6.06. The first-order chi connectivity index (χ1) is 12.2. The third-order valence-corrected chi connectivity index (χ3v) is 4.93. The van der Waals surface area contributed by atoms with E-state index < -0.39 is 0 Å². The van der Waals surface area contributed by atoms with E-state index in [1.54, 1.807) is 0 Å². The fourth-order valence-corrected chi connectivity index (χ4v) is 3.35. The summed E-state index contributed by atoms with van der Waals surface area (Å²) in [5.41, 5.74) is 1.71. The molecule has 4 rings (SSSR count). The second-order valence-electron chi connectivity index (χ2n) is 5.45. The molecule has 0 saturated heterocycles. The third-order valence-electron chi connectivity index (χ3n) is 3.74. The first-order valence-corrected chi connectivity index (χ1v) is 9.08. The van der Waals surface area contributed by atoms with E-state index in [0.717, 1.165) is 39.1 Å². The molecule has 0 radical (unpaired) electrons. The van der Waals surface area contributed by atoms with E-state index in [0.29, 0.717) is 10.2 Å². The minimum Gasteiger partial charge on any atom is -0.456 e. The van der Waals surface area contributed by atoms with Crippen LogP contribution in [0.25, 0.3) is 22.3 Å². The standard InChI is InChI=1S/C19H14ClN3OS/c1-2-18-22-23-19(25-18)21-15-11-17(12-6-4-3-5-7-12)24-16-9-8-13(20)10-14(15)16/h3-11H,2H2,1H3. The second-order valence-corrected chi connectivity index (χ2v) is 6.92. The molecule has 0 spiro atoms. The average Bonchev–Trinajstić information content (AvgIpc) is 3.10. The van der Waals surface area contributed by atoms with E-state index in [2.05, 4.69) is 10.2 Å². The van der Waals surface area contributed by atoms with Crippen LogP contribution in [0.1, 0.15) is 11.9 Å². The van der Waals surface area contributed by atoms with Crippen LogP contribution in [0.2, 0.25) is 5.02 Å². The van der Waals surface area contributed by atoms with E-state index in [9.17, 15) is 0 Å². The van der Waals surface area contributed by atoms with E-state index >= 15 is 0 Å². The first kappa shape index (κ1) is 16.0. The summed E-state index contributed by atoms with van der Waals surface area (Å²) in [7, 11) is 0. The summed E-state index contributed by atoms with van der Waals surface area (Å²) in [6.45, 7) is 2.05. The number of aromatic nitrogens is 2. The summed E-state index contributed by atoms with van der Waals surface area (Å²) in [5.74, 6) is 0.745. The van der Waals surface area contributed by atoms with Gasteiger partial charge in [-0.3, -0.25) is 0 Å². The van der Waals surface area contributed by atoms with Crippen LogP contribution in [0.5, 0.6) is 0 Å². The molecule has 25 heavy (non-hydrogen) atoms. The van der Waals surface area contributed by atoms with Gasteiger partial charge in [-0.15, -0.1) is 10.2 Å². The van der Waals surface area contributed by atoms with Crippen molar-refractivity contribution >= 4 is 39.0 Å². The van der Waals surface area contributed by atoms with Crippen molar-refractivity contribution in [3.63, 3.8) is 0 Å². The quantitative estimate of drug-likeness (QED) is 0.487. The molecule has 0 aliphatic rings. The summed E-state index contributed by atoms with van der Waals surface area (Å²) in [4.78, 5) is 4.69. The summed E-state index contributed by atoms with van der Waals surface area (Å²) >= 11 is 7.66. The van der Waals surface area contributed by atoms with Crippen LogP contribution in [-0.4, -0.2) is 10.2 Å². The number of hydrogen-bond donors (Lipinski definition) is 0. The van der Waals surface area contributed by atoms with Gasteiger partial charge in [-0.05, 0) is 24.6 Å². The molecule has 4 nitrogen and oxygen atoms in total. The molecule has 0 fully saturated rings. The van der Waals surface area contributed by atoms with E-state index in [-0.39, 0.29) is 0 Å². The Bertz CT molecular complexity index is 1100. The van der Waals surface area contributed by atoms with Gasteiger partial charge in [0.1, 0.15) is 16.4 Å². The number of rotatable bonds is 3. The molecule has 2 aromatic heterocycles. The summed E-state index contributed by atoms with van der Waals surface area (Å²) in [6, 6.07) is 17.4. The van der Waals surface area contributed by atoms with Gasteiger partial charge in [-0.2, -0.15) is 0 Å². The molecule has 0 aliphatic carbocycles. The Kier molecular flexibility index (Phi) is 4.34. The number of benzene rings is 2. The number of aryl methyl sites for hydroxylation is 1. The lowest BCUT2D eigenvalue weighted by atomic mass is 10.1. The highest BCUT2D eigenvalue weighted by Gasteiger charge is 2.08. The zero-order valence-corrected chi connectivity index (χ0v) is 15.0. The summed E-state index contributed by atoms with van der Waals surface area (Å²) in [6.07, 6.45) is 0.846. The van der Waals surface area contributed by atoms with Crippen molar-refractivity contribution in [2.24, 2.45) is 4.99 Å². The van der Waals surface area contributed by atoms with Gasteiger partial charge in [-0.1, -0.05) is 60.2 Å². The number of hydrogen-bond acceptors (Lipinski definition) is 5. The van der Waals surface area contributed by atoms with Crippen molar-refractivity contribution in [3.05, 3.63) is 70.0 Å². The maximum Gasteiger partial charge on any atom is 0.232 e. The minimum atomic E-state index is 0.628. The monoisotopic (exact) mass is 367 g/mol. The molecule has 0 atom stereocenters. The van der Waals surface area contributed by atoms with Crippen molar-refractivity contribution in [1.29, 1.82) is 0 Å². The molecule has 0 amide bonds. The normalized spacial score (nSPS) is 12.0. The highest BCUT2D eigenvalue weighted by atomic mass is 35.5. The second kappa shape index (κ2) is 6.78. The fourth-order valence-electron chi connectivity index (χ4n) is 2.51. The SMILES string of the molecule is CCc1nnc(N=c2cc(-c3ccccc3)oc3ccc(Cl)cc23)s1. The number of fused-ring (bicyclic) bond motifs is 1. The van der Waals surface area contributed by atoms with Crippen molar-refractivity contribution < 1.29 is 4.42 Å². The maximum atomic E-state index is 6.17. The van der Waals surface area contributed by atoms with Crippen LogP contribution in [0.3, 0.4) is 0 Å². The lowest BCUT2D eigenvalue weighted by Crippen LogP contribution is -2.03. The van der Waals surface area contributed by atoms with Crippen LogP contribution in [0.15, 0.2) is 64.0 Å². The molecular formula is C19H14ClN3OS. The largest absolute Gasteiger partial charge is 0.456 e. The molecule has 0 bridgehead atoms. The predicted octanol–water partition coefficient (Wildman–Crippen LogP) is 5.40. The Balaban J connectivity index is 1.98. The van der Waals surface area contributed by atoms with Crippen molar-refractivity contribution in [3.8, 4) is 11.3 Å². The lowest BCUT2D eigenvalue weighted by Gasteiger charge is -2.05. The molecule has 2 heterocycles. The van der Waals surface area contributed by atoms with Crippen LogP contribution < -0.4 is 5.36 Å².